The molecule has 16 heavy (non-hydrogen) atoms. The van der Waals surface area contributed by atoms with E-state index in [1.54, 1.807) is 0 Å². The topological polar surface area (TPSA) is 52.3 Å². The number of hydrogen-bond acceptors (Lipinski definition) is 3. The number of nitrogens with two attached hydrogens (primary N) is 1. The number of rotatable bonds is 4. The molecule has 2 N–H and O–H groups in total. The molecule has 0 fully saturated rings. The van der Waals surface area contributed by atoms with Crippen molar-refractivity contribution < 1.29 is 13.9 Å². The lowest BCUT2D eigenvalue weighted by atomic mass is 10.1. The molecule has 1 aromatic carbocycles. The molecule has 0 amide bonds. The van der Waals surface area contributed by atoms with Crippen LogP contribution in [-0.2, 0) is 4.74 Å². The fraction of sp³-hybridized carbons (Fsp3) is 0.417. The highest BCUT2D eigenvalue weighted by Gasteiger charge is 2.14. The predicted molar refractivity (Wildman–Crippen MR) is 60.5 cm³/mol. The molecule has 88 valence electrons. The number of benzene rings is 1. The fourth-order valence-corrected chi connectivity index (χ4v) is 1.11. The summed E-state index contributed by atoms with van der Waals surface area (Å²) in [5, 5.41) is 0. The van der Waals surface area contributed by atoms with Gasteiger partial charge in [-0.25, -0.2) is 9.18 Å². The monoisotopic (exact) mass is 225 g/mol. The van der Waals surface area contributed by atoms with Crippen LogP contribution in [0.3, 0.4) is 0 Å². The maximum atomic E-state index is 13.3. The van der Waals surface area contributed by atoms with Gasteiger partial charge in [0.2, 0.25) is 0 Å². The molecular weight excluding hydrogens is 209 g/mol. The molecule has 0 aromatic heterocycles. The van der Waals surface area contributed by atoms with Gasteiger partial charge in [0.15, 0.2) is 0 Å². The van der Waals surface area contributed by atoms with Gasteiger partial charge in [-0.05, 0) is 24.1 Å². The number of nitrogen functional groups attached to an aromatic ring is 1. The summed E-state index contributed by atoms with van der Waals surface area (Å²) in [6, 6.07) is 3.92. The molecular formula is C12H16FNO2. The molecule has 0 heterocycles. The van der Waals surface area contributed by atoms with Crippen LogP contribution in [-0.4, -0.2) is 12.6 Å². The number of ether oxygens (including phenoxy) is 1. The number of carbonyl (C=O) groups excluding carboxylic acids is 1. The summed E-state index contributed by atoms with van der Waals surface area (Å²) in [6.45, 7) is 4.27. The zero-order chi connectivity index (χ0) is 12.1. The van der Waals surface area contributed by atoms with Crippen molar-refractivity contribution in [3.63, 3.8) is 0 Å². The summed E-state index contributed by atoms with van der Waals surface area (Å²) in [5.41, 5.74) is 5.60. The lowest BCUT2D eigenvalue weighted by molar-refractivity contribution is 0.0442. The van der Waals surface area contributed by atoms with Crippen LogP contribution in [0.2, 0.25) is 0 Å². The first-order chi connectivity index (χ1) is 7.54. The van der Waals surface area contributed by atoms with Crippen molar-refractivity contribution >= 4 is 11.7 Å². The zero-order valence-electron chi connectivity index (χ0n) is 9.50. The first-order valence-electron chi connectivity index (χ1n) is 5.26. The third-order valence-corrected chi connectivity index (χ3v) is 2.41. The third kappa shape index (κ3) is 3.22. The van der Waals surface area contributed by atoms with E-state index >= 15 is 0 Å². The van der Waals surface area contributed by atoms with Gasteiger partial charge < -0.3 is 10.5 Å². The summed E-state index contributed by atoms with van der Waals surface area (Å²) >= 11 is 0. The van der Waals surface area contributed by atoms with Gasteiger partial charge >= 0.3 is 5.97 Å². The standard InChI is InChI=1S/C12H16FNO2/c1-3-8(2)7-16-12(15)10-5-4-9(14)6-11(10)13/h4-6,8H,3,7,14H2,1-2H3. The normalized spacial score (nSPS) is 12.2. The minimum Gasteiger partial charge on any atom is -0.462 e. The van der Waals surface area contributed by atoms with Crippen molar-refractivity contribution in [2.75, 3.05) is 12.3 Å². The molecule has 1 aromatic rings. The first-order valence-corrected chi connectivity index (χ1v) is 5.26. The highest BCUT2D eigenvalue weighted by Crippen LogP contribution is 2.13. The quantitative estimate of drug-likeness (QED) is 0.633. The van der Waals surface area contributed by atoms with Crippen LogP contribution in [0.5, 0.6) is 0 Å². The van der Waals surface area contributed by atoms with Crippen LogP contribution in [0.4, 0.5) is 10.1 Å². The SMILES string of the molecule is CCC(C)COC(=O)c1ccc(N)cc1F. The zero-order valence-corrected chi connectivity index (χ0v) is 9.50. The Bertz CT molecular complexity index is 379. The molecule has 0 saturated carbocycles. The van der Waals surface area contributed by atoms with E-state index in [4.69, 9.17) is 10.5 Å². The van der Waals surface area contributed by atoms with Gasteiger partial charge in [-0.1, -0.05) is 20.3 Å². The van der Waals surface area contributed by atoms with Gasteiger partial charge in [0.1, 0.15) is 5.82 Å². The van der Waals surface area contributed by atoms with Crippen molar-refractivity contribution in [3.8, 4) is 0 Å². The summed E-state index contributed by atoms with van der Waals surface area (Å²) < 4.78 is 18.3. The van der Waals surface area contributed by atoms with Crippen LogP contribution in [0.15, 0.2) is 18.2 Å². The largest absolute Gasteiger partial charge is 0.462 e. The molecule has 0 bridgehead atoms. The number of carbonyl (C=O) groups is 1. The Morgan fingerprint density at radius 3 is 2.81 bits per heavy atom. The number of halogens is 1. The Kier molecular flexibility index (Phi) is 4.28. The smallest absolute Gasteiger partial charge is 0.341 e. The van der Waals surface area contributed by atoms with Crippen molar-refractivity contribution in [1.29, 1.82) is 0 Å². The van der Waals surface area contributed by atoms with Crippen LogP contribution in [0.25, 0.3) is 0 Å². The summed E-state index contributed by atoms with van der Waals surface area (Å²) in [5.74, 6) is -1.01. The van der Waals surface area contributed by atoms with E-state index in [1.807, 2.05) is 13.8 Å². The van der Waals surface area contributed by atoms with Gasteiger partial charge in [0.25, 0.3) is 0 Å². The van der Waals surface area contributed by atoms with Crippen LogP contribution < -0.4 is 5.73 Å². The van der Waals surface area contributed by atoms with Crippen molar-refractivity contribution in [2.45, 2.75) is 20.3 Å². The molecule has 0 aliphatic heterocycles. The molecule has 4 heteroatoms. The Balaban J connectivity index is 2.66. The fourth-order valence-electron chi connectivity index (χ4n) is 1.11. The number of anilines is 1. The molecule has 1 atom stereocenters. The molecule has 0 saturated heterocycles. The van der Waals surface area contributed by atoms with Crippen molar-refractivity contribution in [3.05, 3.63) is 29.6 Å². The molecule has 3 nitrogen and oxygen atoms in total. The van der Waals surface area contributed by atoms with Crippen molar-refractivity contribution in [2.24, 2.45) is 5.92 Å². The molecule has 0 radical (unpaired) electrons. The maximum absolute atomic E-state index is 13.3. The molecule has 0 aliphatic rings. The van der Waals surface area contributed by atoms with Crippen LogP contribution in [0.1, 0.15) is 30.6 Å². The Morgan fingerprint density at radius 1 is 1.56 bits per heavy atom. The second-order valence-corrected chi connectivity index (χ2v) is 3.85. The third-order valence-electron chi connectivity index (χ3n) is 2.41. The Labute approximate surface area is 94.4 Å². The molecule has 0 aliphatic carbocycles. The summed E-state index contributed by atoms with van der Waals surface area (Å²) in [6.07, 6.45) is 0.914. The van der Waals surface area contributed by atoms with E-state index in [0.717, 1.165) is 12.5 Å². The predicted octanol–water partition coefficient (Wildman–Crippen LogP) is 2.61. The highest BCUT2D eigenvalue weighted by atomic mass is 19.1. The van der Waals surface area contributed by atoms with Crippen molar-refractivity contribution in [1.82, 2.24) is 0 Å². The average molecular weight is 225 g/mol. The van der Waals surface area contributed by atoms with Gasteiger partial charge in [0, 0.05) is 5.69 Å². The summed E-state index contributed by atoms with van der Waals surface area (Å²) in [4.78, 5) is 11.5. The van der Waals surface area contributed by atoms with Crippen LogP contribution in [0, 0.1) is 11.7 Å². The maximum Gasteiger partial charge on any atom is 0.341 e. The van der Waals surface area contributed by atoms with Gasteiger partial charge in [-0.3, -0.25) is 0 Å². The van der Waals surface area contributed by atoms with Gasteiger partial charge in [-0.2, -0.15) is 0 Å². The van der Waals surface area contributed by atoms with E-state index in [0.29, 0.717) is 6.61 Å². The van der Waals surface area contributed by atoms with E-state index < -0.39 is 11.8 Å². The minimum atomic E-state index is -0.644. The first kappa shape index (κ1) is 12.5. The van der Waals surface area contributed by atoms with E-state index in [2.05, 4.69) is 0 Å². The lowest BCUT2D eigenvalue weighted by Gasteiger charge is -2.10. The van der Waals surface area contributed by atoms with E-state index in [9.17, 15) is 9.18 Å². The van der Waals surface area contributed by atoms with Gasteiger partial charge in [0.05, 0.1) is 12.2 Å². The molecule has 0 spiro atoms. The lowest BCUT2D eigenvalue weighted by Crippen LogP contribution is -2.13. The summed E-state index contributed by atoms with van der Waals surface area (Å²) in [7, 11) is 0. The Hall–Kier alpha value is -1.58. The average Bonchev–Trinajstić information content (AvgIpc) is 2.25. The minimum absolute atomic E-state index is 0.0718. The second-order valence-electron chi connectivity index (χ2n) is 3.85. The Morgan fingerprint density at radius 2 is 2.25 bits per heavy atom. The highest BCUT2D eigenvalue weighted by molar-refractivity contribution is 5.90. The molecule has 1 unspecified atom stereocenters. The second kappa shape index (κ2) is 5.49. The van der Waals surface area contributed by atoms with Crippen LogP contribution >= 0.6 is 0 Å². The number of esters is 1. The van der Waals surface area contributed by atoms with E-state index in [1.165, 1.54) is 12.1 Å². The molecule has 1 rings (SSSR count). The number of hydrogen-bond donors (Lipinski definition) is 1. The van der Waals surface area contributed by atoms with E-state index in [-0.39, 0.29) is 17.2 Å². The van der Waals surface area contributed by atoms with Gasteiger partial charge in [-0.15, -0.1) is 0 Å².